The monoisotopic (exact) mass is 253 g/mol. The van der Waals surface area contributed by atoms with Gasteiger partial charge in [0.25, 0.3) is 0 Å². The van der Waals surface area contributed by atoms with E-state index in [1.54, 1.807) is 18.2 Å². The van der Waals surface area contributed by atoms with Crippen molar-refractivity contribution < 1.29 is 19.7 Å². The fourth-order valence-electron chi connectivity index (χ4n) is 2.18. The quantitative estimate of drug-likeness (QED) is 0.684. The van der Waals surface area contributed by atoms with Gasteiger partial charge >= 0.3 is 5.97 Å². The second-order valence-electron chi connectivity index (χ2n) is 4.14. The number of aromatic hydroxyl groups is 1. The third-order valence-corrected chi connectivity index (χ3v) is 4.48. The largest absolute Gasteiger partial charge is 0.508 e. The average Bonchev–Trinajstić information content (AvgIpc) is 2.86. The summed E-state index contributed by atoms with van der Waals surface area (Å²) in [6, 6.07) is 4.37. The first kappa shape index (κ1) is 10.7. The predicted octanol–water partition coefficient (Wildman–Crippen LogP) is 0.727. The second-order valence-corrected chi connectivity index (χ2v) is 5.46. The Morgan fingerprint density at radius 1 is 1.59 bits per heavy atom. The van der Waals surface area contributed by atoms with E-state index in [9.17, 15) is 9.90 Å². The molecule has 0 aromatic heterocycles. The van der Waals surface area contributed by atoms with Crippen molar-refractivity contribution in [3.8, 4) is 11.5 Å². The molecule has 0 radical (unpaired) electrons. The van der Waals surface area contributed by atoms with Crippen LogP contribution in [0, 0.1) is 0 Å². The maximum absolute atomic E-state index is 11.0. The molecule has 90 valence electrons. The molecule has 0 aliphatic carbocycles. The molecule has 5 nitrogen and oxygen atoms in total. The van der Waals surface area contributed by atoms with Gasteiger partial charge in [-0.2, -0.15) is 0 Å². The molecule has 1 aromatic carbocycles. The minimum absolute atomic E-state index is 0.151. The number of ether oxygens (including phenoxy) is 1. The van der Waals surface area contributed by atoms with Gasteiger partial charge in [-0.1, -0.05) is 0 Å². The van der Waals surface area contributed by atoms with E-state index in [1.165, 1.54) is 11.8 Å². The lowest BCUT2D eigenvalue weighted by Crippen LogP contribution is -2.44. The lowest BCUT2D eigenvalue weighted by atomic mass is 10.1. The van der Waals surface area contributed by atoms with Crippen LogP contribution in [0.1, 0.15) is 5.56 Å². The highest BCUT2D eigenvalue weighted by Gasteiger charge is 2.48. The van der Waals surface area contributed by atoms with Crippen molar-refractivity contribution in [3.63, 3.8) is 0 Å². The summed E-state index contributed by atoms with van der Waals surface area (Å²) < 4.78 is 5.51. The number of nitrogens with one attached hydrogen (secondary N) is 1. The smallest absolute Gasteiger partial charge is 0.321 e. The molecule has 2 aliphatic rings. The molecule has 2 aliphatic heterocycles. The second kappa shape index (κ2) is 3.54. The molecule has 3 rings (SSSR count). The lowest BCUT2D eigenvalue weighted by molar-refractivity contribution is -0.138. The predicted molar refractivity (Wildman–Crippen MR) is 62.3 cm³/mol. The molecule has 1 saturated heterocycles. The molecule has 1 spiro atoms. The number of rotatable bonds is 1. The van der Waals surface area contributed by atoms with E-state index in [2.05, 4.69) is 5.32 Å². The van der Waals surface area contributed by atoms with Crippen LogP contribution >= 0.6 is 11.8 Å². The Labute approximate surface area is 102 Å². The highest BCUT2D eigenvalue weighted by Crippen LogP contribution is 2.48. The number of aliphatic carboxylic acids is 1. The summed E-state index contributed by atoms with van der Waals surface area (Å²) in [6.07, 6.45) is 0. The number of benzene rings is 1. The molecule has 2 unspecified atom stereocenters. The van der Waals surface area contributed by atoms with E-state index < -0.39 is 16.9 Å². The maximum Gasteiger partial charge on any atom is 0.321 e. The number of carboxylic acid groups (broad SMARTS) is 1. The lowest BCUT2D eigenvalue weighted by Gasteiger charge is -2.21. The van der Waals surface area contributed by atoms with E-state index in [0.29, 0.717) is 18.1 Å². The van der Waals surface area contributed by atoms with Gasteiger partial charge in [-0.3, -0.25) is 10.1 Å². The molecular weight excluding hydrogens is 242 g/mol. The van der Waals surface area contributed by atoms with Crippen molar-refractivity contribution in [2.24, 2.45) is 0 Å². The number of carboxylic acids is 1. The summed E-state index contributed by atoms with van der Waals surface area (Å²) in [5, 5.41) is 21.5. The number of fused-ring (bicyclic) bond motifs is 2. The van der Waals surface area contributed by atoms with Crippen LogP contribution in [0.25, 0.3) is 0 Å². The van der Waals surface area contributed by atoms with Crippen LogP contribution in [0.15, 0.2) is 18.2 Å². The third-order valence-electron chi connectivity index (χ3n) is 3.03. The minimum atomic E-state index is -0.846. The molecule has 2 heterocycles. The summed E-state index contributed by atoms with van der Waals surface area (Å²) in [5.74, 6) is 0.440. The van der Waals surface area contributed by atoms with E-state index >= 15 is 0 Å². The Morgan fingerprint density at radius 3 is 3.12 bits per heavy atom. The topological polar surface area (TPSA) is 78.8 Å². The number of phenolic OH excluding ortho intramolecular Hbond substituents is 1. The number of hydrogen-bond donors (Lipinski definition) is 3. The zero-order valence-electron chi connectivity index (χ0n) is 8.84. The molecule has 0 amide bonds. The standard InChI is InChI=1S/C11H11NO4S/c13-6-1-2-7-9(3-6)16-5-11(7)12-8(4-17-11)10(14)15/h1-3,8,12-13H,4-5H2,(H,14,15). The Bertz CT molecular complexity index is 492. The molecule has 6 heteroatoms. The Kier molecular flexibility index (Phi) is 2.24. The van der Waals surface area contributed by atoms with Crippen LogP contribution in [0.3, 0.4) is 0 Å². The normalized spacial score (nSPS) is 30.2. The van der Waals surface area contributed by atoms with Gasteiger partial charge in [0.05, 0.1) is 0 Å². The van der Waals surface area contributed by atoms with Crippen LogP contribution in [0.2, 0.25) is 0 Å². The SMILES string of the molecule is O=C(O)C1CSC2(COc3cc(O)ccc32)N1. The molecule has 3 N–H and O–H groups in total. The fourth-order valence-corrected chi connectivity index (χ4v) is 3.55. The van der Waals surface area contributed by atoms with Crippen LogP contribution in [0.5, 0.6) is 11.5 Å². The van der Waals surface area contributed by atoms with Gasteiger partial charge in [-0.15, -0.1) is 11.8 Å². The van der Waals surface area contributed by atoms with Gasteiger partial charge in [-0.05, 0) is 12.1 Å². The zero-order chi connectivity index (χ0) is 12.0. The Balaban J connectivity index is 1.96. The van der Waals surface area contributed by atoms with E-state index in [0.717, 1.165) is 5.56 Å². The first-order chi connectivity index (χ1) is 8.11. The summed E-state index contributed by atoms with van der Waals surface area (Å²) in [4.78, 5) is 10.5. The van der Waals surface area contributed by atoms with Crippen LogP contribution in [-0.4, -0.2) is 34.6 Å². The summed E-state index contributed by atoms with van der Waals surface area (Å²) in [5.41, 5.74) is 0.907. The van der Waals surface area contributed by atoms with E-state index in [1.807, 2.05) is 0 Å². The Hall–Kier alpha value is -1.40. The zero-order valence-corrected chi connectivity index (χ0v) is 9.66. The van der Waals surface area contributed by atoms with Gasteiger partial charge in [0.1, 0.15) is 29.0 Å². The number of phenols is 1. The van der Waals surface area contributed by atoms with Gasteiger partial charge in [0.2, 0.25) is 0 Å². The summed E-state index contributed by atoms with van der Waals surface area (Å²) >= 11 is 1.54. The van der Waals surface area contributed by atoms with Crippen molar-refractivity contribution >= 4 is 17.7 Å². The average molecular weight is 253 g/mol. The van der Waals surface area contributed by atoms with Crippen molar-refractivity contribution in [2.45, 2.75) is 10.9 Å². The van der Waals surface area contributed by atoms with Gasteiger partial charge < -0.3 is 14.9 Å². The van der Waals surface area contributed by atoms with Crippen molar-refractivity contribution in [1.82, 2.24) is 5.32 Å². The summed E-state index contributed by atoms with van der Waals surface area (Å²) in [6.45, 7) is 0.389. The maximum atomic E-state index is 11.0. The van der Waals surface area contributed by atoms with Gasteiger partial charge in [0.15, 0.2) is 0 Å². The Morgan fingerprint density at radius 2 is 2.41 bits per heavy atom. The van der Waals surface area contributed by atoms with Crippen LogP contribution in [-0.2, 0) is 9.67 Å². The van der Waals surface area contributed by atoms with Crippen molar-refractivity contribution in [3.05, 3.63) is 23.8 Å². The number of hydrogen-bond acceptors (Lipinski definition) is 5. The molecule has 0 bridgehead atoms. The molecule has 1 fully saturated rings. The highest BCUT2D eigenvalue weighted by molar-refractivity contribution is 8.00. The number of carbonyl (C=O) groups is 1. The van der Waals surface area contributed by atoms with Crippen LogP contribution < -0.4 is 10.1 Å². The van der Waals surface area contributed by atoms with E-state index in [-0.39, 0.29) is 5.75 Å². The first-order valence-corrected chi connectivity index (χ1v) is 6.20. The van der Waals surface area contributed by atoms with Crippen molar-refractivity contribution in [1.29, 1.82) is 0 Å². The van der Waals surface area contributed by atoms with Crippen LogP contribution in [0.4, 0.5) is 0 Å². The summed E-state index contributed by atoms with van der Waals surface area (Å²) in [7, 11) is 0. The van der Waals surface area contributed by atoms with E-state index in [4.69, 9.17) is 9.84 Å². The number of thioether (sulfide) groups is 1. The molecule has 2 atom stereocenters. The third kappa shape index (κ3) is 1.56. The fraction of sp³-hybridized carbons (Fsp3) is 0.364. The molecule has 0 saturated carbocycles. The molecule has 17 heavy (non-hydrogen) atoms. The minimum Gasteiger partial charge on any atom is -0.508 e. The molecule has 1 aromatic rings. The first-order valence-electron chi connectivity index (χ1n) is 5.21. The van der Waals surface area contributed by atoms with Gasteiger partial charge in [-0.25, -0.2) is 0 Å². The highest BCUT2D eigenvalue weighted by atomic mass is 32.2. The van der Waals surface area contributed by atoms with Gasteiger partial charge in [0, 0.05) is 17.4 Å². The molecular formula is C11H11NO4S. The van der Waals surface area contributed by atoms with Crippen molar-refractivity contribution in [2.75, 3.05) is 12.4 Å².